The van der Waals surface area contributed by atoms with Crippen molar-refractivity contribution in [2.45, 2.75) is 19.3 Å². The molecule has 1 saturated heterocycles. The number of carbonyl (C=O) groups is 2. The Balaban J connectivity index is 2.40. The van der Waals surface area contributed by atoms with E-state index >= 15 is 0 Å². The lowest BCUT2D eigenvalue weighted by Crippen LogP contribution is -2.37. The number of rotatable bonds is 2. The summed E-state index contributed by atoms with van der Waals surface area (Å²) in [5.74, 6) is -1.59. The fourth-order valence-corrected chi connectivity index (χ4v) is 2.54. The Morgan fingerprint density at radius 3 is 2.72 bits per heavy atom. The van der Waals surface area contributed by atoms with Crippen LogP contribution in [0.1, 0.15) is 19.5 Å². The zero-order valence-corrected chi connectivity index (χ0v) is 10.5. The molecule has 2 atom stereocenters. The van der Waals surface area contributed by atoms with E-state index in [1.54, 1.807) is 17.2 Å². The predicted octanol–water partition coefficient (Wildman–Crippen LogP) is 0.902. The molecule has 0 bridgehead atoms. The number of carboxylic acids is 1. The third-order valence-corrected chi connectivity index (χ3v) is 3.68. The van der Waals surface area contributed by atoms with Crippen LogP contribution in [-0.2, 0) is 15.0 Å². The molecule has 96 valence electrons. The first-order valence-electron chi connectivity index (χ1n) is 5.85. The number of hydrogen-bond donors (Lipinski definition) is 1. The highest BCUT2D eigenvalue weighted by Gasteiger charge is 2.49. The number of likely N-dealkylation sites (tertiary alicyclic amines) is 1. The van der Waals surface area contributed by atoms with Crippen molar-refractivity contribution in [2.75, 3.05) is 13.1 Å². The van der Waals surface area contributed by atoms with Gasteiger partial charge in [-0.15, -0.1) is 0 Å². The summed E-state index contributed by atoms with van der Waals surface area (Å²) < 4.78 is 0. The fourth-order valence-electron chi connectivity index (χ4n) is 2.54. The summed E-state index contributed by atoms with van der Waals surface area (Å²) in [5, 5.41) is 9.34. The van der Waals surface area contributed by atoms with E-state index in [1.165, 1.54) is 6.92 Å². The second kappa shape index (κ2) is 4.40. The van der Waals surface area contributed by atoms with Crippen LogP contribution in [0.25, 0.3) is 0 Å². The molecule has 1 amide bonds. The van der Waals surface area contributed by atoms with Gasteiger partial charge >= 0.3 is 5.97 Å². The third-order valence-electron chi connectivity index (χ3n) is 3.68. The standard InChI is InChI=1S/C13H16N2O3/c1-9(16)15-7-10(12(17)18)13(2,8-15)11-5-3-4-6-14-11/h3-6,10H,7-8H2,1-2H3,(H,17,18). The Labute approximate surface area is 105 Å². The Morgan fingerprint density at radius 2 is 2.22 bits per heavy atom. The summed E-state index contributed by atoms with van der Waals surface area (Å²) in [6.45, 7) is 3.97. The first-order chi connectivity index (χ1) is 8.45. The maximum atomic E-state index is 11.4. The summed E-state index contributed by atoms with van der Waals surface area (Å²) in [5.41, 5.74) is 0.0971. The molecule has 2 unspecified atom stereocenters. The van der Waals surface area contributed by atoms with Crippen molar-refractivity contribution in [3.8, 4) is 0 Å². The first-order valence-corrected chi connectivity index (χ1v) is 5.85. The van der Waals surface area contributed by atoms with Crippen LogP contribution in [0, 0.1) is 5.92 Å². The van der Waals surface area contributed by atoms with Crippen LogP contribution in [0.3, 0.4) is 0 Å². The van der Waals surface area contributed by atoms with Crippen LogP contribution < -0.4 is 0 Å². The minimum Gasteiger partial charge on any atom is -0.481 e. The van der Waals surface area contributed by atoms with E-state index in [-0.39, 0.29) is 12.5 Å². The van der Waals surface area contributed by atoms with Crippen LogP contribution in [0.5, 0.6) is 0 Å². The second-order valence-corrected chi connectivity index (χ2v) is 4.92. The highest BCUT2D eigenvalue weighted by atomic mass is 16.4. The van der Waals surface area contributed by atoms with E-state index in [9.17, 15) is 14.7 Å². The number of pyridine rings is 1. The lowest BCUT2D eigenvalue weighted by atomic mass is 9.77. The summed E-state index contributed by atoms with van der Waals surface area (Å²) in [4.78, 5) is 28.7. The van der Waals surface area contributed by atoms with Crippen molar-refractivity contribution in [3.05, 3.63) is 30.1 Å². The smallest absolute Gasteiger partial charge is 0.309 e. The minimum absolute atomic E-state index is 0.0964. The maximum absolute atomic E-state index is 11.4. The zero-order valence-electron chi connectivity index (χ0n) is 10.5. The molecule has 0 saturated carbocycles. The van der Waals surface area contributed by atoms with E-state index in [4.69, 9.17) is 0 Å². The van der Waals surface area contributed by atoms with Crippen LogP contribution >= 0.6 is 0 Å². The number of aliphatic carboxylic acids is 1. The van der Waals surface area contributed by atoms with Gasteiger partial charge in [-0.2, -0.15) is 0 Å². The summed E-state index contributed by atoms with van der Waals surface area (Å²) >= 11 is 0. The lowest BCUT2D eigenvalue weighted by Gasteiger charge is -2.27. The number of nitrogens with zero attached hydrogens (tertiary/aromatic N) is 2. The largest absolute Gasteiger partial charge is 0.481 e. The molecule has 1 N–H and O–H groups in total. The molecule has 1 fully saturated rings. The van der Waals surface area contributed by atoms with Gasteiger partial charge in [-0.1, -0.05) is 13.0 Å². The quantitative estimate of drug-likeness (QED) is 0.844. The average Bonchev–Trinajstić information content (AvgIpc) is 2.70. The molecule has 5 nitrogen and oxygen atoms in total. The Kier molecular flexibility index (Phi) is 3.07. The molecule has 2 heterocycles. The van der Waals surface area contributed by atoms with Gasteiger partial charge in [0.2, 0.25) is 5.91 Å². The molecular weight excluding hydrogens is 232 g/mol. The molecule has 2 rings (SSSR count). The van der Waals surface area contributed by atoms with Crippen molar-refractivity contribution >= 4 is 11.9 Å². The highest BCUT2D eigenvalue weighted by Crippen LogP contribution is 2.38. The predicted molar refractivity (Wildman–Crippen MR) is 65.0 cm³/mol. The van der Waals surface area contributed by atoms with Gasteiger partial charge in [0.05, 0.1) is 5.92 Å². The SMILES string of the molecule is CC(=O)N1CC(C(=O)O)C(C)(c2ccccn2)C1. The summed E-state index contributed by atoms with van der Waals surface area (Å²) in [7, 11) is 0. The molecular formula is C13H16N2O3. The average molecular weight is 248 g/mol. The van der Waals surface area contributed by atoms with Crippen molar-refractivity contribution < 1.29 is 14.7 Å². The van der Waals surface area contributed by atoms with E-state index in [0.717, 1.165) is 5.69 Å². The normalized spacial score (nSPS) is 27.2. The maximum Gasteiger partial charge on any atom is 0.309 e. The van der Waals surface area contributed by atoms with E-state index in [2.05, 4.69) is 4.98 Å². The molecule has 0 radical (unpaired) electrons. The Morgan fingerprint density at radius 1 is 1.50 bits per heavy atom. The molecule has 5 heteroatoms. The lowest BCUT2D eigenvalue weighted by molar-refractivity contribution is -0.143. The van der Waals surface area contributed by atoms with E-state index in [0.29, 0.717) is 6.54 Å². The number of carboxylic acid groups (broad SMARTS) is 1. The number of aromatic nitrogens is 1. The van der Waals surface area contributed by atoms with Gasteiger partial charge in [-0.05, 0) is 12.1 Å². The minimum atomic E-state index is -0.882. The van der Waals surface area contributed by atoms with Crippen LogP contribution in [0.2, 0.25) is 0 Å². The first kappa shape index (κ1) is 12.5. The highest BCUT2D eigenvalue weighted by molar-refractivity contribution is 5.78. The number of carbonyl (C=O) groups excluding carboxylic acids is 1. The monoisotopic (exact) mass is 248 g/mol. The topological polar surface area (TPSA) is 70.5 Å². The van der Waals surface area contributed by atoms with Crippen molar-refractivity contribution in [1.82, 2.24) is 9.88 Å². The summed E-state index contributed by atoms with van der Waals surface area (Å²) in [6.07, 6.45) is 1.65. The zero-order chi connectivity index (χ0) is 13.3. The molecule has 0 aliphatic carbocycles. The second-order valence-electron chi connectivity index (χ2n) is 4.92. The molecule has 1 aromatic heterocycles. The summed E-state index contributed by atoms with van der Waals surface area (Å²) in [6, 6.07) is 5.45. The molecule has 1 aliphatic rings. The molecule has 1 aromatic rings. The van der Waals surface area contributed by atoms with Gasteiger partial charge in [0.25, 0.3) is 0 Å². The van der Waals surface area contributed by atoms with Gasteiger partial charge < -0.3 is 10.0 Å². The number of hydrogen-bond acceptors (Lipinski definition) is 3. The van der Waals surface area contributed by atoms with Gasteiger partial charge in [-0.3, -0.25) is 14.6 Å². The molecule has 1 aliphatic heterocycles. The number of amides is 1. The van der Waals surface area contributed by atoms with Gasteiger partial charge in [0.15, 0.2) is 0 Å². The third kappa shape index (κ3) is 1.96. The van der Waals surface area contributed by atoms with Crippen LogP contribution in [0.15, 0.2) is 24.4 Å². The molecule has 0 aromatic carbocycles. The molecule has 0 spiro atoms. The van der Waals surface area contributed by atoms with Crippen LogP contribution in [-0.4, -0.2) is 40.0 Å². The van der Waals surface area contributed by atoms with Crippen LogP contribution in [0.4, 0.5) is 0 Å². The van der Waals surface area contributed by atoms with Crippen molar-refractivity contribution in [3.63, 3.8) is 0 Å². The Bertz CT molecular complexity index is 474. The van der Waals surface area contributed by atoms with Crippen molar-refractivity contribution in [2.24, 2.45) is 5.92 Å². The van der Waals surface area contributed by atoms with E-state index in [1.807, 2.05) is 19.1 Å². The Hall–Kier alpha value is -1.91. The van der Waals surface area contributed by atoms with Gasteiger partial charge in [0.1, 0.15) is 0 Å². The van der Waals surface area contributed by atoms with E-state index < -0.39 is 17.3 Å². The fraction of sp³-hybridized carbons (Fsp3) is 0.462. The van der Waals surface area contributed by atoms with Crippen molar-refractivity contribution in [1.29, 1.82) is 0 Å². The molecule has 18 heavy (non-hydrogen) atoms. The van der Waals surface area contributed by atoms with Gasteiger partial charge in [-0.25, -0.2) is 0 Å². The van der Waals surface area contributed by atoms with Gasteiger partial charge in [0, 0.05) is 37.3 Å².